The topological polar surface area (TPSA) is 107 Å². The van der Waals surface area contributed by atoms with Crippen molar-refractivity contribution >= 4 is 15.7 Å². The van der Waals surface area contributed by atoms with Crippen molar-refractivity contribution in [2.24, 2.45) is 0 Å². The highest BCUT2D eigenvalue weighted by Gasteiger charge is 2.27. The van der Waals surface area contributed by atoms with Crippen molar-refractivity contribution in [1.29, 1.82) is 0 Å². The van der Waals surface area contributed by atoms with Gasteiger partial charge in [-0.15, -0.1) is 0 Å². The van der Waals surface area contributed by atoms with Gasteiger partial charge in [-0.3, -0.25) is 0 Å². The number of nitrogens with zero attached hydrogens (tertiary/aromatic N) is 3. The zero-order valence-electron chi connectivity index (χ0n) is 18.9. The first kappa shape index (κ1) is 23.2. The standard InChI is InChI=1S/C23H28N4O5S/c1-16(2)31-21-9-8-19(33(28,29)27-10-12-30-13-11-27)14-20(21)24-15-22-25-23(26-32-22)18-6-4-17(3)5-7-18/h4-9,14,16,24H,10-13,15H2,1-3H3. The lowest BCUT2D eigenvalue weighted by atomic mass is 10.1. The van der Waals surface area contributed by atoms with Gasteiger partial charge in [0.2, 0.25) is 21.7 Å². The maximum absolute atomic E-state index is 13.1. The molecule has 0 spiro atoms. The smallest absolute Gasteiger partial charge is 0.246 e. The third kappa shape index (κ3) is 5.52. The Labute approximate surface area is 193 Å². The average molecular weight is 473 g/mol. The van der Waals surface area contributed by atoms with Gasteiger partial charge in [-0.25, -0.2) is 8.42 Å². The number of sulfonamides is 1. The number of rotatable bonds is 8. The lowest BCUT2D eigenvalue weighted by molar-refractivity contribution is 0.0730. The van der Waals surface area contributed by atoms with Crippen molar-refractivity contribution < 1.29 is 22.4 Å². The van der Waals surface area contributed by atoms with Gasteiger partial charge in [0.25, 0.3) is 0 Å². The summed E-state index contributed by atoms with van der Waals surface area (Å²) in [5, 5.41) is 7.24. The molecule has 0 unspecified atom stereocenters. The van der Waals surface area contributed by atoms with Gasteiger partial charge in [-0.2, -0.15) is 9.29 Å². The first-order valence-corrected chi connectivity index (χ1v) is 12.3. The van der Waals surface area contributed by atoms with E-state index in [0.717, 1.165) is 11.1 Å². The average Bonchev–Trinajstić information content (AvgIpc) is 3.28. The molecule has 0 atom stereocenters. The summed E-state index contributed by atoms with van der Waals surface area (Å²) in [6.45, 7) is 7.49. The Morgan fingerprint density at radius 1 is 1.12 bits per heavy atom. The monoisotopic (exact) mass is 472 g/mol. The number of morpholine rings is 1. The summed E-state index contributed by atoms with van der Waals surface area (Å²) >= 11 is 0. The first-order valence-electron chi connectivity index (χ1n) is 10.8. The van der Waals surface area contributed by atoms with Crippen LogP contribution in [0, 0.1) is 6.92 Å². The van der Waals surface area contributed by atoms with Crippen LogP contribution < -0.4 is 10.1 Å². The highest BCUT2D eigenvalue weighted by atomic mass is 32.2. The number of hydrogen-bond donors (Lipinski definition) is 1. The number of aromatic nitrogens is 2. The number of anilines is 1. The minimum absolute atomic E-state index is 0.0798. The summed E-state index contributed by atoms with van der Waals surface area (Å²) < 4.78 is 44.2. The SMILES string of the molecule is Cc1ccc(-c2noc(CNc3cc(S(=O)(=O)N4CCOCC4)ccc3OC(C)C)n2)cc1. The van der Waals surface area contributed by atoms with E-state index in [4.69, 9.17) is 14.0 Å². The summed E-state index contributed by atoms with van der Waals surface area (Å²) in [5.74, 6) is 1.42. The van der Waals surface area contributed by atoms with Gasteiger partial charge in [0, 0.05) is 18.7 Å². The molecule has 1 aliphatic rings. The van der Waals surface area contributed by atoms with Gasteiger partial charge in [0.15, 0.2) is 0 Å². The highest BCUT2D eigenvalue weighted by Crippen LogP contribution is 2.31. The van der Waals surface area contributed by atoms with Crippen molar-refractivity contribution in [2.75, 3.05) is 31.6 Å². The quantitative estimate of drug-likeness (QED) is 0.531. The minimum Gasteiger partial charge on any atom is -0.489 e. The molecule has 1 N–H and O–H groups in total. The molecule has 9 nitrogen and oxygen atoms in total. The zero-order valence-corrected chi connectivity index (χ0v) is 19.8. The van der Waals surface area contributed by atoms with Crippen LogP contribution in [0.15, 0.2) is 51.9 Å². The summed E-state index contributed by atoms with van der Waals surface area (Å²) in [6, 6.07) is 12.7. The molecular formula is C23H28N4O5S. The van der Waals surface area contributed by atoms with Crippen LogP contribution in [-0.2, 0) is 21.3 Å². The van der Waals surface area contributed by atoms with E-state index in [9.17, 15) is 8.42 Å². The van der Waals surface area contributed by atoms with Crippen LogP contribution in [-0.4, -0.2) is 55.3 Å². The molecule has 0 radical (unpaired) electrons. The Hall–Kier alpha value is -2.95. The Balaban J connectivity index is 1.55. The number of hydrogen-bond acceptors (Lipinski definition) is 8. The fourth-order valence-corrected chi connectivity index (χ4v) is 4.85. The van der Waals surface area contributed by atoms with E-state index in [0.29, 0.717) is 49.5 Å². The number of benzene rings is 2. The molecule has 1 saturated heterocycles. The highest BCUT2D eigenvalue weighted by molar-refractivity contribution is 7.89. The Bertz CT molecular complexity index is 1190. The van der Waals surface area contributed by atoms with E-state index < -0.39 is 10.0 Å². The number of aryl methyl sites for hydroxylation is 1. The third-order valence-corrected chi connectivity index (χ3v) is 7.02. The van der Waals surface area contributed by atoms with Crippen LogP contribution in [0.4, 0.5) is 5.69 Å². The van der Waals surface area contributed by atoms with Gasteiger partial charge < -0.3 is 19.3 Å². The molecule has 2 aromatic carbocycles. The largest absolute Gasteiger partial charge is 0.489 e. The molecule has 0 amide bonds. The molecule has 176 valence electrons. The van der Waals surface area contributed by atoms with Crippen molar-refractivity contribution in [3.8, 4) is 17.1 Å². The Morgan fingerprint density at radius 2 is 1.85 bits per heavy atom. The molecule has 33 heavy (non-hydrogen) atoms. The van der Waals surface area contributed by atoms with Gasteiger partial charge in [-0.1, -0.05) is 35.0 Å². The molecule has 1 aromatic heterocycles. The van der Waals surface area contributed by atoms with Gasteiger partial charge in [-0.05, 0) is 39.0 Å². The fraction of sp³-hybridized carbons (Fsp3) is 0.391. The van der Waals surface area contributed by atoms with E-state index in [1.807, 2.05) is 45.0 Å². The molecule has 4 rings (SSSR count). The molecule has 0 saturated carbocycles. The molecule has 10 heteroatoms. The van der Waals surface area contributed by atoms with Gasteiger partial charge in [0.05, 0.1) is 36.4 Å². The summed E-state index contributed by atoms with van der Waals surface area (Å²) in [7, 11) is -3.64. The fourth-order valence-electron chi connectivity index (χ4n) is 3.42. The van der Waals surface area contributed by atoms with Gasteiger partial charge in [0.1, 0.15) is 5.75 Å². The predicted octanol–water partition coefficient (Wildman–Crippen LogP) is 3.47. The maximum Gasteiger partial charge on any atom is 0.246 e. The van der Waals surface area contributed by atoms with Crippen molar-refractivity contribution in [2.45, 2.75) is 38.3 Å². The van der Waals surface area contributed by atoms with E-state index in [-0.39, 0.29) is 17.5 Å². The molecule has 2 heterocycles. The molecule has 0 bridgehead atoms. The van der Waals surface area contributed by atoms with E-state index >= 15 is 0 Å². The van der Waals surface area contributed by atoms with Crippen LogP contribution in [0.1, 0.15) is 25.3 Å². The lowest BCUT2D eigenvalue weighted by Crippen LogP contribution is -2.40. The second-order valence-corrected chi connectivity index (χ2v) is 10.0. The zero-order chi connectivity index (χ0) is 23.4. The minimum atomic E-state index is -3.64. The Kier molecular flexibility index (Phi) is 6.96. The second kappa shape index (κ2) is 9.90. The van der Waals surface area contributed by atoms with Crippen molar-refractivity contribution in [3.63, 3.8) is 0 Å². The molecule has 1 fully saturated rings. The van der Waals surface area contributed by atoms with Crippen LogP contribution in [0.5, 0.6) is 5.75 Å². The predicted molar refractivity (Wildman–Crippen MR) is 124 cm³/mol. The van der Waals surface area contributed by atoms with Crippen molar-refractivity contribution in [1.82, 2.24) is 14.4 Å². The van der Waals surface area contributed by atoms with E-state index in [1.165, 1.54) is 4.31 Å². The molecular weight excluding hydrogens is 444 g/mol. The number of nitrogens with one attached hydrogen (secondary N) is 1. The molecule has 0 aliphatic carbocycles. The second-order valence-electron chi connectivity index (χ2n) is 8.07. The lowest BCUT2D eigenvalue weighted by Gasteiger charge is -2.26. The van der Waals surface area contributed by atoms with Crippen LogP contribution in [0.3, 0.4) is 0 Å². The van der Waals surface area contributed by atoms with Crippen LogP contribution in [0.25, 0.3) is 11.4 Å². The molecule has 1 aliphatic heterocycles. The van der Waals surface area contributed by atoms with E-state index in [2.05, 4.69) is 15.5 Å². The van der Waals surface area contributed by atoms with Crippen molar-refractivity contribution in [3.05, 3.63) is 53.9 Å². The van der Waals surface area contributed by atoms with Crippen LogP contribution in [0.2, 0.25) is 0 Å². The maximum atomic E-state index is 13.1. The Morgan fingerprint density at radius 3 is 2.55 bits per heavy atom. The van der Waals surface area contributed by atoms with Gasteiger partial charge >= 0.3 is 0 Å². The van der Waals surface area contributed by atoms with Crippen LogP contribution >= 0.6 is 0 Å². The first-order chi connectivity index (χ1) is 15.8. The summed E-state index contributed by atoms with van der Waals surface area (Å²) in [4.78, 5) is 4.63. The summed E-state index contributed by atoms with van der Waals surface area (Å²) in [6.07, 6.45) is -0.0798. The number of ether oxygens (including phenoxy) is 2. The van der Waals surface area contributed by atoms with E-state index in [1.54, 1.807) is 18.2 Å². The third-order valence-electron chi connectivity index (χ3n) is 5.13. The summed E-state index contributed by atoms with van der Waals surface area (Å²) in [5.41, 5.74) is 2.54. The molecule has 3 aromatic rings. The normalized spacial score (nSPS) is 15.0.